The number of halogens is 1. The van der Waals surface area contributed by atoms with Gasteiger partial charge < -0.3 is 14.4 Å². The van der Waals surface area contributed by atoms with Crippen LogP contribution in [0.5, 0.6) is 11.6 Å². The van der Waals surface area contributed by atoms with Crippen LogP contribution in [-0.4, -0.2) is 45.2 Å². The number of nitriles is 1. The summed E-state index contributed by atoms with van der Waals surface area (Å²) in [5.74, 6) is 1.07. The minimum absolute atomic E-state index is 0.0255. The minimum Gasteiger partial charge on any atom is -0.497 e. The summed E-state index contributed by atoms with van der Waals surface area (Å²) in [6, 6.07) is 9.76. The van der Waals surface area contributed by atoms with E-state index in [1.54, 1.807) is 7.11 Å². The molecule has 2 unspecified atom stereocenters. The number of carbonyl (C=O) groups is 1. The van der Waals surface area contributed by atoms with E-state index >= 15 is 0 Å². The number of hydrogen-bond donors (Lipinski definition) is 0. The molecule has 1 fully saturated rings. The van der Waals surface area contributed by atoms with E-state index < -0.39 is 0 Å². The molecule has 2 aromatic heterocycles. The zero-order valence-corrected chi connectivity index (χ0v) is 18.2. The molecule has 0 spiro atoms. The highest BCUT2D eigenvalue weighted by Crippen LogP contribution is 2.33. The molecule has 0 aliphatic carbocycles. The van der Waals surface area contributed by atoms with Gasteiger partial charge in [0.1, 0.15) is 29.0 Å². The Labute approximate surface area is 185 Å². The molecule has 1 aliphatic rings. The Bertz CT molecular complexity index is 1150. The van der Waals surface area contributed by atoms with Crippen LogP contribution in [0.1, 0.15) is 37.4 Å². The van der Waals surface area contributed by atoms with Gasteiger partial charge in [0.15, 0.2) is 5.15 Å². The lowest BCUT2D eigenvalue weighted by Gasteiger charge is -2.26. The van der Waals surface area contributed by atoms with Crippen LogP contribution in [0.25, 0.3) is 5.52 Å². The van der Waals surface area contributed by atoms with Crippen LogP contribution in [0.4, 0.5) is 0 Å². The summed E-state index contributed by atoms with van der Waals surface area (Å²) in [6.45, 7) is 4.48. The van der Waals surface area contributed by atoms with Crippen molar-refractivity contribution in [3.05, 3.63) is 52.9 Å². The molecule has 3 heterocycles. The molecule has 0 saturated carbocycles. The summed E-state index contributed by atoms with van der Waals surface area (Å²) in [5, 5.41) is 13.7. The maximum absolute atomic E-state index is 12.8. The topological polar surface area (TPSA) is 92.8 Å². The first-order chi connectivity index (χ1) is 14.9. The summed E-state index contributed by atoms with van der Waals surface area (Å²) in [4.78, 5) is 18.9. The number of carbonyl (C=O) groups excluding carboxylic acids is 1. The van der Waals surface area contributed by atoms with Gasteiger partial charge in [0.25, 0.3) is 0 Å². The molecule has 0 N–H and O–H groups in total. The number of aromatic nitrogens is 3. The average Bonchev–Trinajstić information content (AvgIpc) is 3.36. The van der Waals surface area contributed by atoms with E-state index in [0.29, 0.717) is 24.0 Å². The van der Waals surface area contributed by atoms with E-state index in [-0.39, 0.29) is 35.0 Å². The lowest BCUT2D eigenvalue weighted by molar-refractivity contribution is -0.129. The first kappa shape index (κ1) is 20.9. The van der Waals surface area contributed by atoms with E-state index in [1.165, 1.54) is 16.9 Å². The number of hydrogen-bond acceptors (Lipinski definition) is 6. The Morgan fingerprint density at radius 2 is 2.03 bits per heavy atom. The zero-order chi connectivity index (χ0) is 22.1. The van der Waals surface area contributed by atoms with Crippen LogP contribution in [0.15, 0.2) is 36.7 Å². The molecular weight excluding hydrogens is 418 g/mol. The SMILES string of the molecule is COc1ccc(C(C)N2C[C@H](C(C)Oc3nc(Cl)cn4ncc(C#N)c34)CC2=O)cc1. The van der Waals surface area contributed by atoms with Crippen LogP contribution < -0.4 is 9.47 Å². The number of amides is 1. The van der Waals surface area contributed by atoms with Crippen molar-refractivity contribution in [2.75, 3.05) is 13.7 Å². The van der Waals surface area contributed by atoms with Crippen LogP contribution in [0.3, 0.4) is 0 Å². The van der Waals surface area contributed by atoms with E-state index in [0.717, 1.165) is 11.3 Å². The number of rotatable bonds is 6. The van der Waals surface area contributed by atoms with Crippen molar-refractivity contribution < 1.29 is 14.3 Å². The molecule has 1 aliphatic heterocycles. The lowest BCUT2D eigenvalue weighted by Crippen LogP contribution is -2.31. The molecule has 4 rings (SSSR count). The largest absolute Gasteiger partial charge is 0.497 e. The molecule has 0 radical (unpaired) electrons. The third-order valence-electron chi connectivity index (χ3n) is 5.77. The number of ether oxygens (including phenoxy) is 2. The Morgan fingerprint density at radius 1 is 1.29 bits per heavy atom. The van der Waals surface area contributed by atoms with Gasteiger partial charge in [0, 0.05) is 18.9 Å². The molecule has 3 aromatic rings. The molecule has 1 aromatic carbocycles. The van der Waals surface area contributed by atoms with Crippen molar-refractivity contribution in [2.45, 2.75) is 32.4 Å². The Hall–Kier alpha value is -3.31. The van der Waals surface area contributed by atoms with Crippen LogP contribution >= 0.6 is 11.6 Å². The average molecular weight is 440 g/mol. The Balaban J connectivity index is 1.51. The standard InChI is InChI=1S/C22H22ClN5O3/c1-13(15-4-6-18(30-3)7-5-15)27-11-16(8-20(27)29)14(2)31-22-21-17(9-24)10-25-28(21)12-19(23)26-22/h4-7,10,12-14,16H,8,11H2,1-3H3/t13?,14?,16-/m1/s1. The zero-order valence-electron chi connectivity index (χ0n) is 17.4. The molecule has 1 amide bonds. The third-order valence-corrected chi connectivity index (χ3v) is 5.95. The summed E-state index contributed by atoms with van der Waals surface area (Å²) < 4.78 is 12.8. The second-order valence-corrected chi connectivity index (χ2v) is 8.00. The lowest BCUT2D eigenvalue weighted by atomic mass is 10.0. The summed E-state index contributed by atoms with van der Waals surface area (Å²) in [7, 11) is 1.63. The number of likely N-dealkylation sites (tertiary alicyclic amines) is 1. The fraction of sp³-hybridized carbons (Fsp3) is 0.364. The van der Waals surface area contributed by atoms with Gasteiger partial charge in [-0.15, -0.1) is 0 Å². The minimum atomic E-state index is -0.312. The maximum Gasteiger partial charge on any atom is 0.243 e. The monoisotopic (exact) mass is 439 g/mol. The number of fused-ring (bicyclic) bond motifs is 1. The van der Waals surface area contributed by atoms with Gasteiger partial charge in [-0.3, -0.25) is 4.79 Å². The molecule has 0 bridgehead atoms. The number of methoxy groups -OCH3 is 1. The fourth-order valence-electron chi connectivity index (χ4n) is 3.90. The first-order valence-corrected chi connectivity index (χ1v) is 10.3. The van der Waals surface area contributed by atoms with Crippen LogP contribution in [0, 0.1) is 17.2 Å². The molecule has 31 heavy (non-hydrogen) atoms. The normalized spacial score (nSPS) is 18.1. The van der Waals surface area contributed by atoms with E-state index in [1.807, 2.05) is 43.0 Å². The van der Waals surface area contributed by atoms with Crippen molar-refractivity contribution in [1.82, 2.24) is 19.5 Å². The fourth-order valence-corrected chi connectivity index (χ4v) is 4.07. The van der Waals surface area contributed by atoms with Crippen molar-refractivity contribution >= 4 is 23.0 Å². The van der Waals surface area contributed by atoms with Gasteiger partial charge >= 0.3 is 0 Å². The molecular formula is C22H22ClN5O3. The van der Waals surface area contributed by atoms with Crippen molar-refractivity contribution in [3.8, 4) is 17.7 Å². The van der Waals surface area contributed by atoms with Crippen molar-refractivity contribution in [2.24, 2.45) is 5.92 Å². The van der Waals surface area contributed by atoms with Crippen LogP contribution in [-0.2, 0) is 4.79 Å². The van der Waals surface area contributed by atoms with Gasteiger partial charge in [-0.1, -0.05) is 23.7 Å². The Kier molecular flexibility index (Phi) is 5.70. The van der Waals surface area contributed by atoms with Gasteiger partial charge in [0.05, 0.1) is 25.5 Å². The van der Waals surface area contributed by atoms with Gasteiger partial charge in [-0.25, -0.2) is 4.52 Å². The maximum atomic E-state index is 12.8. The van der Waals surface area contributed by atoms with Gasteiger partial charge in [-0.2, -0.15) is 15.3 Å². The van der Waals surface area contributed by atoms with Crippen molar-refractivity contribution in [3.63, 3.8) is 0 Å². The smallest absolute Gasteiger partial charge is 0.243 e. The summed E-state index contributed by atoms with van der Waals surface area (Å²) in [5.41, 5.74) is 1.86. The highest BCUT2D eigenvalue weighted by Gasteiger charge is 2.37. The van der Waals surface area contributed by atoms with Gasteiger partial charge in [0.2, 0.25) is 11.8 Å². The predicted octanol–water partition coefficient (Wildman–Crippen LogP) is 3.64. The molecule has 3 atom stereocenters. The Morgan fingerprint density at radius 3 is 2.71 bits per heavy atom. The summed E-state index contributed by atoms with van der Waals surface area (Å²) >= 11 is 6.09. The highest BCUT2D eigenvalue weighted by molar-refractivity contribution is 6.29. The molecule has 9 heteroatoms. The predicted molar refractivity (Wildman–Crippen MR) is 114 cm³/mol. The van der Waals surface area contributed by atoms with Gasteiger partial charge in [-0.05, 0) is 31.5 Å². The molecule has 160 valence electrons. The molecule has 1 saturated heterocycles. The molecule has 8 nitrogen and oxygen atoms in total. The second-order valence-electron chi connectivity index (χ2n) is 7.61. The van der Waals surface area contributed by atoms with E-state index in [9.17, 15) is 10.1 Å². The number of nitrogens with zero attached hydrogens (tertiary/aromatic N) is 5. The quantitative estimate of drug-likeness (QED) is 0.582. The first-order valence-electron chi connectivity index (χ1n) is 9.95. The third kappa shape index (κ3) is 4.01. The summed E-state index contributed by atoms with van der Waals surface area (Å²) in [6.07, 6.45) is 3.03. The number of benzene rings is 1. The van der Waals surface area contributed by atoms with Crippen molar-refractivity contribution in [1.29, 1.82) is 5.26 Å². The van der Waals surface area contributed by atoms with E-state index in [4.69, 9.17) is 21.1 Å². The van der Waals surface area contributed by atoms with Crippen LogP contribution in [0.2, 0.25) is 5.15 Å². The van der Waals surface area contributed by atoms with E-state index in [2.05, 4.69) is 16.2 Å². The highest BCUT2D eigenvalue weighted by atomic mass is 35.5. The second kappa shape index (κ2) is 8.44.